The quantitative estimate of drug-likeness (QED) is 0.833. The molecule has 1 saturated heterocycles. The van der Waals surface area contributed by atoms with Crippen molar-refractivity contribution in [3.63, 3.8) is 0 Å². The molecule has 1 fully saturated rings. The second kappa shape index (κ2) is 5.07. The van der Waals surface area contributed by atoms with Gasteiger partial charge in [0, 0.05) is 36.8 Å². The number of H-pyrrole nitrogens is 1. The van der Waals surface area contributed by atoms with Crippen LogP contribution in [0.2, 0.25) is 0 Å². The van der Waals surface area contributed by atoms with Crippen LogP contribution in [0.3, 0.4) is 0 Å². The minimum absolute atomic E-state index is 0.0211. The zero-order valence-corrected chi connectivity index (χ0v) is 12.5. The van der Waals surface area contributed by atoms with E-state index in [9.17, 15) is 4.79 Å². The second-order valence-electron chi connectivity index (χ2n) is 6.01. The van der Waals surface area contributed by atoms with Gasteiger partial charge in [-0.25, -0.2) is 0 Å². The zero-order chi connectivity index (χ0) is 15.0. The summed E-state index contributed by atoms with van der Waals surface area (Å²) in [5.74, 6) is 0.0211. The van der Waals surface area contributed by atoms with E-state index in [-0.39, 0.29) is 11.5 Å². The number of nitrogens with zero attached hydrogens (tertiary/aromatic N) is 1. The maximum absolute atomic E-state index is 12.7. The first-order valence-corrected chi connectivity index (χ1v) is 7.23. The van der Waals surface area contributed by atoms with Gasteiger partial charge >= 0.3 is 0 Å². The maximum atomic E-state index is 12.7. The Morgan fingerprint density at radius 2 is 2.24 bits per heavy atom. The number of hydrogen-bond donors (Lipinski definition) is 2. The topological polar surface area (TPSA) is 71.3 Å². The van der Waals surface area contributed by atoms with Gasteiger partial charge in [0.2, 0.25) is 0 Å². The van der Waals surface area contributed by atoms with E-state index in [0.29, 0.717) is 17.9 Å². The van der Waals surface area contributed by atoms with E-state index in [2.05, 4.69) is 11.9 Å². The lowest BCUT2D eigenvalue weighted by molar-refractivity contribution is -0.0441. The highest BCUT2D eigenvalue weighted by molar-refractivity contribution is 5.98. The number of rotatable bonds is 2. The molecule has 1 atom stereocenters. The minimum atomic E-state index is -0.246. The summed E-state index contributed by atoms with van der Waals surface area (Å²) in [4.78, 5) is 17.7. The Labute approximate surface area is 124 Å². The van der Waals surface area contributed by atoms with Gasteiger partial charge in [0.05, 0.1) is 5.60 Å². The standard InChI is InChI=1S/C16H21N3O2/c1-16(21-2)6-3-7-19(10-16)15(20)14-9-11-8-12(17)4-5-13(11)18-14/h4-5,8-9,18H,3,6-7,10,17H2,1-2H3. The summed E-state index contributed by atoms with van der Waals surface area (Å²) < 4.78 is 5.55. The highest BCUT2D eigenvalue weighted by Crippen LogP contribution is 2.26. The molecule has 0 bridgehead atoms. The van der Waals surface area contributed by atoms with Crippen molar-refractivity contribution in [2.75, 3.05) is 25.9 Å². The van der Waals surface area contributed by atoms with Gasteiger partial charge < -0.3 is 20.4 Å². The monoisotopic (exact) mass is 287 g/mol. The first kappa shape index (κ1) is 13.9. The third-order valence-electron chi connectivity index (χ3n) is 4.31. The first-order chi connectivity index (χ1) is 10.0. The fourth-order valence-corrected chi connectivity index (χ4v) is 2.98. The van der Waals surface area contributed by atoms with Gasteiger partial charge in [-0.15, -0.1) is 0 Å². The molecule has 112 valence electrons. The molecular formula is C16H21N3O2. The lowest BCUT2D eigenvalue weighted by atomic mass is 9.94. The number of methoxy groups -OCH3 is 1. The van der Waals surface area contributed by atoms with Crippen LogP contribution in [0.25, 0.3) is 10.9 Å². The molecule has 1 aliphatic heterocycles. The van der Waals surface area contributed by atoms with E-state index in [1.54, 1.807) is 7.11 Å². The van der Waals surface area contributed by atoms with Crippen molar-refractivity contribution in [2.24, 2.45) is 0 Å². The number of aromatic nitrogens is 1. The Morgan fingerprint density at radius 3 is 3.00 bits per heavy atom. The van der Waals surface area contributed by atoms with Crippen molar-refractivity contribution in [2.45, 2.75) is 25.4 Å². The van der Waals surface area contributed by atoms with Gasteiger partial charge in [0.1, 0.15) is 5.69 Å². The molecule has 3 rings (SSSR count). The van der Waals surface area contributed by atoms with Crippen LogP contribution < -0.4 is 5.73 Å². The number of nitrogen functional groups attached to an aromatic ring is 1. The molecule has 0 saturated carbocycles. The molecule has 1 aromatic heterocycles. The Balaban J connectivity index is 1.86. The SMILES string of the molecule is COC1(C)CCCN(C(=O)c2cc3cc(N)ccc3[nH]2)C1. The number of nitrogens with one attached hydrogen (secondary N) is 1. The zero-order valence-electron chi connectivity index (χ0n) is 12.5. The molecule has 21 heavy (non-hydrogen) atoms. The molecule has 5 heteroatoms. The van der Waals surface area contributed by atoms with Crippen LogP contribution in [-0.4, -0.2) is 41.6 Å². The lowest BCUT2D eigenvalue weighted by Gasteiger charge is -2.39. The van der Waals surface area contributed by atoms with Gasteiger partial charge in [-0.05, 0) is 44.0 Å². The smallest absolute Gasteiger partial charge is 0.270 e. The van der Waals surface area contributed by atoms with Crippen LogP contribution in [-0.2, 0) is 4.74 Å². The van der Waals surface area contributed by atoms with Crippen LogP contribution in [0.5, 0.6) is 0 Å². The summed E-state index contributed by atoms with van der Waals surface area (Å²) in [7, 11) is 1.71. The van der Waals surface area contributed by atoms with Crippen LogP contribution in [0.15, 0.2) is 24.3 Å². The molecule has 0 aliphatic carbocycles. The lowest BCUT2D eigenvalue weighted by Crippen LogP contribution is -2.49. The number of ether oxygens (including phenoxy) is 1. The van der Waals surface area contributed by atoms with E-state index >= 15 is 0 Å². The fourth-order valence-electron chi connectivity index (χ4n) is 2.98. The normalized spacial score (nSPS) is 22.7. The number of hydrogen-bond acceptors (Lipinski definition) is 3. The number of piperidine rings is 1. The molecule has 1 aromatic carbocycles. The average molecular weight is 287 g/mol. The number of likely N-dealkylation sites (tertiary alicyclic amines) is 1. The van der Waals surface area contributed by atoms with Crippen molar-refractivity contribution in [1.29, 1.82) is 0 Å². The largest absolute Gasteiger partial charge is 0.399 e. The van der Waals surface area contributed by atoms with E-state index in [1.807, 2.05) is 29.2 Å². The number of carbonyl (C=O) groups is 1. The number of anilines is 1. The number of nitrogens with two attached hydrogens (primary N) is 1. The van der Waals surface area contributed by atoms with Crippen LogP contribution in [0.1, 0.15) is 30.3 Å². The molecule has 0 radical (unpaired) electrons. The van der Waals surface area contributed by atoms with Gasteiger partial charge in [-0.3, -0.25) is 4.79 Å². The Kier molecular flexibility index (Phi) is 3.37. The molecule has 5 nitrogen and oxygen atoms in total. The van der Waals surface area contributed by atoms with Crippen molar-refractivity contribution in [3.05, 3.63) is 30.0 Å². The van der Waals surface area contributed by atoms with Gasteiger partial charge in [0.25, 0.3) is 5.91 Å². The van der Waals surface area contributed by atoms with Crippen molar-refractivity contribution in [1.82, 2.24) is 9.88 Å². The molecule has 2 heterocycles. The van der Waals surface area contributed by atoms with Crippen molar-refractivity contribution in [3.8, 4) is 0 Å². The maximum Gasteiger partial charge on any atom is 0.270 e. The Bertz CT molecular complexity index is 679. The molecule has 3 N–H and O–H groups in total. The number of fused-ring (bicyclic) bond motifs is 1. The Morgan fingerprint density at radius 1 is 1.43 bits per heavy atom. The van der Waals surface area contributed by atoms with E-state index in [4.69, 9.17) is 10.5 Å². The third-order valence-corrected chi connectivity index (χ3v) is 4.31. The van der Waals surface area contributed by atoms with Gasteiger partial charge in [-0.2, -0.15) is 0 Å². The fraction of sp³-hybridized carbons (Fsp3) is 0.438. The summed E-state index contributed by atoms with van der Waals surface area (Å²) in [6, 6.07) is 7.47. The van der Waals surface area contributed by atoms with Crippen LogP contribution in [0, 0.1) is 0 Å². The van der Waals surface area contributed by atoms with Gasteiger partial charge in [-0.1, -0.05) is 0 Å². The van der Waals surface area contributed by atoms with E-state index in [1.165, 1.54) is 0 Å². The minimum Gasteiger partial charge on any atom is -0.399 e. The van der Waals surface area contributed by atoms with Crippen molar-refractivity contribution < 1.29 is 9.53 Å². The molecular weight excluding hydrogens is 266 g/mol. The highest BCUT2D eigenvalue weighted by atomic mass is 16.5. The second-order valence-corrected chi connectivity index (χ2v) is 6.01. The summed E-state index contributed by atoms with van der Waals surface area (Å²) in [5, 5.41) is 0.963. The highest BCUT2D eigenvalue weighted by Gasteiger charge is 2.33. The van der Waals surface area contributed by atoms with E-state index in [0.717, 1.165) is 30.3 Å². The number of aromatic amines is 1. The molecule has 2 aromatic rings. The molecule has 1 aliphatic rings. The molecule has 0 spiro atoms. The summed E-state index contributed by atoms with van der Waals surface area (Å²) in [6.45, 7) is 3.45. The predicted octanol–water partition coefficient (Wildman–Crippen LogP) is 2.39. The third kappa shape index (κ3) is 2.61. The van der Waals surface area contributed by atoms with Crippen LogP contribution in [0.4, 0.5) is 5.69 Å². The van der Waals surface area contributed by atoms with Crippen LogP contribution >= 0.6 is 0 Å². The number of amides is 1. The van der Waals surface area contributed by atoms with E-state index < -0.39 is 0 Å². The first-order valence-electron chi connectivity index (χ1n) is 7.23. The molecule has 1 amide bonds. The number of carbonyl (C=O) groups excluding carboxylic acids is 1. The Hall–Kier alpha value is -2.01. The van der Waals surface area contributed by atoms with Gasteiger partial charge in [0.15, 0.2) is 0 Å². The molecule has 1 unspecified atom stereocenters. The van der Waals surface area contributed by atoms with Crippen molar-refractivity contribution >= 4 is 22.5 Å². The predicted molar refractivity (Wildman–Crippen MR) is 83.3 cm³/mol. The number of benzene rings is 1. The summed E-state index contributed by atoms with van der Waals surface area (Å²) >= 11 is 0. The average Bonchev–Trinajstić information content (AvgIpc) is 2.89. The summed E-state index contributed by atoms with van der Waals surface area (Å²) in [5.41, 5.74) is 7.77. The summed E-state index contributed by atoms with van der Waals surface area (Å²) in [6.07, 6.45) is 1.94.